The number of nitrogens with zero attached hydrogens (tertiary/aromatic N) is 3. The number of esters is 1. The number of rotatable bonds is 15. The van der Waals surface area contributed by atoms with Crippen LogP contribution in [-0.4, -0.2) is 50.4 Å². The molecular weight excluding hydrogens is 875 g/mol. The number of para-hydroxylation sites is 2. The highest BCUT2D eigenvalue weighted by atomic mass is 32.2. The van der Waals surface area contributed by atoms with Crippen LogP contribution < -0.4 is 4.90 Å². The molecule has 0 radical (unpaired) electrons. The van der Waals surface area contributed by atoms with Gasteiger partial charge >= 0.3 is 5.97 Å². The summed E-state index contributed by atoms with van der Waals surface area (Å²) < 4.78 is 6.13. The maximum Gasteiger partial charge on any atom is 0.319 e. The molecule has 6 aromatic rings. The van der Waals surface area contributed by atoms with E-state index in [9.17, 15) is 19.6 Å². The van der Waals surface area contributed by atoms with E-state index >= 15 is 0 Å². The molecule has 0 spiro atoms. The van der Waals surface area contributed by atoms with Gasteiger partial charge in [-0.2, -0.15) is 5.26 Å². The summed E-state index contributed by atoms with van der Waals surface area (Å²) in [6, 6.07) is 44.1. The molecule has 1 aliphatic rings. The Morgan fingerprint density at radius 1 is 0.803 bits per heavy atom. The Balaban J connectivity index is 1.01. The summed E-state index contributed by atoms with van der Waals surface area (Å²) in [5.74, 6) is -0.626. The first kappa shape index (κ1) is 44.0. The molecule has 2 amide bonds. The fourth-order valence-electron chi connectivity index (χ4n) is 6.57. The molecule has 13 heteroatoms. The molecule has 4 heterocycles. The monoisotopic (exact) mass is 915 g/mol. The van der Waals surface area contributed by atoms with Crippen molar-refractivity contribution in [3.8, 4) is 36.0 Å². The van der Waals surface area contributed by atoms with Gasteiger partial charge in [-0.25, -0.2) is 0 Å². The molecule has 0 N–H and O–H groups in total. The van der Waals surface area contributed by atoms with Crippen LogP contribution in [0, 0.1) is 11.3 Å². The smallest absolute Gasteiger partial charge is 0.319 e. The van der Waals surface area contributed by atoms with Crippen molar-refractivity contribution in [2.75, 3.05) is 23.8 Å². The van der Waals surface area contributed by atoms with E-state index in [4.69, 9.17) is 17.0 Å². The minimum atomic E-state index is -0.639. The molecule has 0 aliphatic carbocycles. The zero-order chi connectivity index (χ0) is 42.9. The molecule has 0 fully saturated rings. The number of thiophene rings is 3. The van der Waals surface area contributed by atoms with E-state index in [1.54, 1.807) is 65.7 Å². The first-order valence-corrected chi connectivity index (χ1v) is 24.4. The van der Waals surface area contributed by atoms with Gasteiger partial charge < -0.3 is 9.64 Å². The van der Waals surface area contributed by atoms with Crippen molar-refractivity contribution in [3.05, 3.63) is 143 Å². The topological polar surface area (TPSA) is 90.7 Å². The number of thiocarbonyl (C=S) groups is 1. The van der Waals surface area contributed by atoms with E-state index in [2.05, 4.69) is 109 Å². The first-order chi connectivity index (χ1) is 29.6. The van der Waals surface area contributed by atoms with Gasteiger partial charge in [0, 0.05) is 58.4 Å². The lowest BCUT2D eigenvalue weighted by molar-refractivity contribution is -0.143. The number of hydrogen-bond donors (Lipinski definition) is 0. The van der Waals surface area contributed by atoms with Crippen LogP contribution in [0.2, 0.25) is 0 Å². The van der Waals surface area contributed by atoms with Crippen molar-refractivity contribution in [3.63, 3.8) is 0 Å². The minimum Gasteiger partial charge on any atom is -0.465 e. The Kier molecular flexibility index (Phi) is 14.9. The summed E-state index contributed by atoms with van der Waals surface area (Å²) in [7, 11) is 0. The van der Waals surface area contributed by atoms with Gasteiger partial charge in [0.1, 0.15) is 20.4 Å². The lowest BCUT2D eigenvalue weighted by atomic mass is 9.94. The normalized spacial score (nSPS) is 14.0. The van der Waals surface area contributed by atoms with Crippen molar-refractivity contribution >= 4 is 114 Å². The van der Waals surface area contributed by atoms with Crippen molar-refractivity contribution in [2.24, 2.45) is 0 Å². The number of hydrogen-bond acceptors (Lipinski definition) is 12. The molecule has 1 aliphatic heterocycles. The van der Waals surface area contributed by atoms with Gasteiger partial charge in [-0.3, -0.25) is 19.3 Å². The number of benzene rings is 3. The summed E-state index contributed by atoms with van der Waals surface area (Å²) >= 11 is 13.2. The highest BCUT2D eigenvalue weighted by Gasteiger charge is 2.35. The third-order valence-corrected chi connectivity index (χ3v) is 16.2. The van der Waals surface area contributed by atoms with Gasteiger partial charge in [-0.05, 0) is 122 Å². The molecule has 3 aromatic carbocycles. The third-order valence-electron chi connectivity index (χ3n) is 9.67. The summed E-state index contributed by atoms with van der Waals surface area (Å²) in [6.45, 7) is 5.49. The maximum atomic E-state index is 13.7. The molecule has 61 heavy (non-hydrogen) atoms. The Morgan fingerprint density at radius 2 is 1.36 bits per heavy atom. The number of thioether (sulfide) groups is 2. The van der Waals surface area contributed by atoms with Crippen LogP contribution in [0.1, 0.15) is 38.5 Å². The predicted molar refractivity (Wildman–Crippen MR) is 262 cm³/mol. The van der Waals surface area contributed by atoms with Crippen LogP contribution in [0.15, 0.2) is 138 Å². The lowest BCUT2D eigenvalue weighted by Gasteiger charge is -2.27. The second-order valence-electron chi connectivity index (χ2n) is 13.9. The largest absolute Gasteiger partial charge is 0.465 e. The number of imide groups is 1. The lowest BCUT2D eigenvalue weighted by Crippen LogP contribution is -2.43. The molecule has 0 saturated carbocycles. The predicted octanol–water partition coefficient (Wildman–Crippen LogP) is 13.4. The first-order valence-electron chi connectivity index (χ1n) is 19.6. The highest BCUT2D eigenvalue weighted by molar-refractivity contribution is 8.47. The molecule has 3 aromatic heterocycles. The van der Waals surface area contributed by atoms with Crippen LogP contribution in [0.4, 0.5) is 17.1 Å². The highest BCUT2D eigenvalue weighted by Crippen LogP contribution is 2.43. The Hall–Kier alpha value is -5.07. The number of nitriles is 1. The molecule has 1 unspecified atom stereocenters. The average molecular weight is 916 g/mol. The number of ether oxygens (including phenoxy) is 1. The number of carbonyl (C=O) groups excluding carboxylic acids is 3. The fraction of sp³-hybridized carbons (Fsp3) is 0.188. The van der Waals surface area contributed by atoms with Crippen LogP contribution in [0.25, 0.3) is 36.0 Å². The molecule has 7 rings (SSSR count). The van der Waals surface area contributed by atoms with E-state index in [-0.39, 0.29) is 25.1 Å². The quantitative estimate of drug-likeness (QED) is 0.0328. The summed E-state index contributed by atoms with van der Waals surface area (Å²) in [5.41, 5.74) is 5.01. The number of carbonyl (C=O) groups is 3. The van der Waals surface area contributed by atoms with Crippen molar-refractivity contribution in [2.45, 2.75) is 38.9 Å². The van der Waals surface area contributed by atoms with Gasteiger partial charge in [0.2, 0.25) is 0 Å². The standard InChI is InChI=1S/C48H41N3O4S6/c1-4-28-57-48(56)58-32(3)47(54)55-27-11-26-50-45(52)38(31(2)39(30-49)46(50)53)29-37-20-21-41(59-37)42-24-25-44(61-42)43-23-22-40(60-43)33-16-18-36(19-17-33)51(34-12-7-5-8-13-34)35-14-9-6-10-15-35/h5-10,12-25,29,32H,4,11,26-28H2,1-3H3/b38-29-. The number of amides is 2. The van der Waals surface area contributed by atoms with Crippen molar-refractivity contribution in [1.29, 1.82) is 5.26 Å². The molecule has 0 saturated heterocycles. The maximum absolute atomic E-state index is 13.7. The number of anilines is 3. The Morgan fingerprint density at radius 3 is 1.97 bits per heavy atom. The van der Waals surface area contributed by atoms with Crippen LogP contribution in [0.5, 0.6) is 0 Å². The average Bonchev–Trinajstić information content (AvgIpc) is 4.08. The van der Waals surface area contributed by atoms with Gasteiger partial charge in [-0.1, -0.05) is 79.4 Å². The second-order valence-corrected chi connectivity index (χ2v) is 20.8. The third kappa shape index (κ3) is 10.5. The van der Waals surface area contributed by atoms with Crippen molar-refractivity contribution < 1.29 is 19.1 Å². The second kappa shape index (κ2) is 20.7. The van der Waals surface area contributed by atoms with Gasteiger partial charge in [0.15, 0.2) is 0 Å². The van der Waals surface area contributed by atoms with E-state index in [0.717, 1.165) is 59.2 Å². The summed E-state index contributed by atoms with van der Waals surface area (Å²) in [4.78, 5) is 49.3. The Labute approximate surface area is 382 Å². The van der Waals surface area contributed by atoms with Crippen molar-refractivity contribution in [1.82, 2.24) is 4.90 Å². The van der Waals surface area contributed by atoms with Gasteiger partial charge in [0.25, 0.3) is 11.8 Å². The van der Waals surface area contributed by atoms with Crippen LogP contribution in [-0.2, 0) is 19.1 Å². The fourth-order valence-corrected chi connectivity index (χ4v) is 12.2. The summed E-state index contributed by atoms with van der Waals surface area (Å²) in [5, 5.41) is 9.44. The van der Waals surface area contributed by atoms with Crippen LogP contribution in [0.3, 0.4) is 0 Å². The van der Waals surface area contributed by atoms with Gasteiger partial charge in [-0.15, -0.1) is 45.8 Å². The Bertz CT molecular complexity index is 2600. The van der Waals surface area contributed by atoms with E-state index in [0.29, 0.717) is 14.7 Å². The molecule has 308 valence electrons. The zero-order valence-corrected chi connectivity index (χ0v) is 38.6. The van der Waals surface area contributed by atoms with Gasteiger partial charge in [0.05, 0.1) is 6.61 Å². The molecule has 7 nitrogen and oxygen atoms in total. The summed E-state index contributed by atoms with van der Waals surface area (Å²) in [6.07, 6.45) is 2.99. The molecular formula is C48H41N3O4S6. The van der Waals surface area contributed by atoms with E-state index in [1.165, 1.54) is 21.5 Å². The molecule has 0 bridgehead atoms. The SMILES string of the molecule is CCCSC(=S)SC(C)C(=O)OCCCN1C(=O)C(C#N)=C(C)/C(=C/c2ccc(-c3ccc(-c4ccc(-c5ccc(N(c6ccccc6)c6ccccc6)cc5)s4)s3)s2)C1=O. The van der Waals surface area contributed by atoms with E-state index < -0.39 is 23.0 Å². The zero-order valence-electron chi connectivity index (χ0n) is 33.7. The van der Waals surface area contributed by atoms with E-state index in [1.807, 2.05) is 30.3 Å². The minimum absolute atomic E-state index is 0.0115. The van der Waals surface area contributed by atoms with Crippen LogP contribution >= 0.6 is 69.8 Å². The molecule has 1 atom stereocenters.